The van der Waals surface area contributed by atoms with E-state index in [9.17, 15) is 13.2 Å². The molecule has 0 saturated carbocycles. The first-order valence-electron chi connectivity index (χ1n) is 7.39. The topological polar surface area (TPSA) is 84.5 Å². The van der Waals surface area contributed by atoms with Gasteiger partial charge in [0.2, 0.25) is 5.91 Å². The molecule has 6 nitrogen and oxygen atoms in total. The lowest BCUT2D eigenvalue weighted by molar-refractivity contribution is -0.114. The molecule has 8 heteroatoms. The molecule has 0 aliphatic rings. The van der Waals surface area contributed by atoms with Gasteiger partial charge in [0.15, 0.2) is 9.84 Å². The summed E-state index contributed by atoms with van der Waals surface area (Å²) in [5.74, 6) is 0.237. The SMILES string of the molecule is COc1ccc(C)cc1NC(=O)CNc1cccc(S(C)(=O)=O)c1Cl. The van der Waals surface area contributed by atoms with Crippen molar-refractivity contribution in [3.63, 3.8) is 0 Å². The van der Waals surface area contributed by atoms with Gasteiger partial charge in [-0.2, -0.15) is 0 Å². The molecular weight excluding hydrogens is 364 g/mol. The lowest BCUT2D eigenvalue weighted by Crippen LogP contribution is -2.22. The number of amides is 1. The zero-order valence-corrected chi connectivity index (χ0v) is 15.7. The molecular formula is C17H19ClN2O4S. The maximum Gasteiger partial charge on any atom is 0.243 e. The second-order valence-corrected chi connectivity index (χ2v) is 7.86. The number of methoxy groups -OCH3 is 1. The minimum absolute atomic E-state index is 0.0138. The van der Waals surface area contributed by atoms with Gasteiger partial charge in [-0.15, -0.1) is 0 Å². The van der Waals surface area contributed by atoms with Crippen LogP contribution in [0.4, 0.5) is 11.4 Å². The summed E-state index contributed by atoms with van der Waals surface area (Å²) in [6, 6.07) is 10.0. The predicted octanol–water partition coefficient (Wildman–Crippen LogP) is 3.11. The Balaban J connectivity index is 2.10. The molecule has 0 radical (unpaired) electrons. The molecule has 1 amide bonds. The van der Waals surface area contributed by atoms with E-state index >= 15 is 0 Å². The monoisotopic (exact) mass is 382 g/mol. The Morgan fingerprint density at radius 2 is 1.92 bits per heavy atom. The number of carbonyl (C=O) groups excluding carboxylic acids is 1. The summed E-state index contributed by atoms with van der Waals surface area (Å²) < 4.78 is 28.6. The van der Waals surface area contributed by atoms with Gasteiger partial charge >= 0.3 is 0 Å². The highest BCUT2D eigenvalue weighted by molar-refractivity contribution is 7.90. The molecule has 0 aliphatic carbocycles. The average Bonchev–Trinajstić information content (AvgIpc) is 2.53. The number of nitrogens with one attached hydrogen (secondary N) is 2. The molecule has 0 unspecified atom stereocenters. The third-order valence-corrected chi connectivity index (χ3v) is 5.09. The number of benzene rings is 2. The summed E-state index contributed by atoms with van der Waals surface area (Å²) >= 11 is 6.11. The van der Waals surface area contributed by atoms with Crippen LogP contribution in [-0.4, -0.2) is 34.2 Å². The molecule has 0 aromatic heterocycles. The number of hydrogen-bond donors (Lipinski definition) is 2. The van der Waals surface area contributed by atoms with E-state index in [-0.39, 0.29) is 22.4 Å². The fourth-order valence-corrected chi connectivity index (χ4v) is 3.60. The first-order valence-corrected chi connectivity index (χ1v) is 9.66. The van der Waals surface area contributed by atoms with Crippen LogP contribution in [-0.2, 0) is 14.6 Å². The van der Waals surface area contributed by atoms with Gasteiger partial charge in [0.05, 0.1) is 34.9 Å². The molecule has 0 bridgehead atoms. The van der Waals surface area contributed by atoms with Crippen molar-refractivity contribution in [3.05, 3.63) is 47.0 Å². The Labute approximate surface area is 152 Å². The van der Waals surface area contributed by atoms with Crippen molar-refractivity contribution in [1.29, 1.82) is 0 Å². The van der Waals surface area contributed by atoms with Gasteiger partial charge in [0.25, 0.3) is 0 Å². The number of halogens is 1. The van der Waals surface area contributed by atoms with Crippen LogP contribution >= 0.6 is 11.6 Å². The first-order chi connectivity index (χ1) is 11.7. The van der Waals surface area contributed by atoms with Gasteiger partial charge in [-0.3, -0.25) is 4.79 Å². The van der Waals surface area contributed by atoms with E-state index in [0.29, 0.717) is 17.1 Å². The van der Waals surface area contributed by atoms with Gasteiger partial charge in [0, 0.05) is 6.26 Å². The standard InChI is InChI=1S/C17H19ClN2O4S/c1-11-7-8-14(24-2)13(9-11)20-16(21)10-19-12-5-4-6-15(17(12)18)25(3,22)23/h4-9,19H,10H2,1-3H3,(H,20,21). The number of aryl methyl sites for hydroxylation is 1. The number of ether oxygens (including phenoxy) is 1. The van der Waals surface area contributed by atoms with Gasteiger partial charge in [0.1, 0.15) is 5.75 Å². The van der Waals surface area contributed by atoms with E-state index in [1.54, 1.807) is 24.3 Å². The van der Waals surface area contributed by atoms with E-state index in [2.05, 4.69) is 10.6 Å². The summed E-state index contributed by atoms with van der Waals surface area (Å²) in [7, 11) is -1.92. The Kier molecular flexibility index (Phi) is 5.92. The molecule has 134 valence electrons. The van der Waals surface area contributed by atoms with Crippen molar-refractivity contribution in [2.45, 2.75) is 11.8 Å². The largest absolute Gasteiger partial charge is 0.495 e. The van der Waals surface area contributed by atoms with Crippen molar-refractivity contribution in [2.75, 3.05) is 30.5 Å². The summed E-state index contributed by atoms with van der Waals surface area (Å²) in [5, 5.41) is 5.66. The summed E-state index contributed by atoms with van der Waals surface area (Å²) in [6.45, 7) is 1.83. The fourth-order valence-electron chi connectivity index (χ4n) is 2.22. The van der Waals surface area contributed by atoms with Crippen LogP contribution in [0.2, 0.25) is 5.02 Å². The van der Waals surface area contributed by atoms with Gasteiger partial charge in [-0.05, 0) is 36.8 Å². The molecule has 2 rings (SSSR count). The molecule has 0 fully saturated rings. The molecule has 0 spiro atoms. The highest BCUT2D eigenvalue weighted by atomic mass is 35.5. The number of sulfone groups is 1. The zero-order valence-electron chi connectivity index (χ0n) is 14.1. The second kappa shape index (κ2) is 7.76. The minimum atomic E-state index is -3.45. The average molecular weight is 383 g/mol. The lowest BCUT2D eigenvalue weighted by atomic mass is 10.2. The van der Waals surface area contributed by atoms with Crippen LogP contribution in [0.5, 0.6) is 5.75 Å². The maximum absolute atomic E-state index is 12.2. The number of carbonyl (C=O) groups is 1. The minimum Gasteiger partial charge on any atom is -0.495 e. The highest BCUT2D eigenvalue weighted by Crippen LogP contribution is 2.29. The summed E-state index contributed by atoms with van der Waals surface area (Å²) in [6.07, 6.45) is 1.08. The van der Waals surface area contributed by atoms with E-state index < -0.39 is 9.84 Å². The van der Waals surface area contributed by atoms with Gasteiger partial charge in [-0.25, -0.2) is 8.42 Å². The Hall–Kier alpha value is -2.25. The van der Waals surface area contributed by atoms with Crippen LogP contribution in [0.3, 0.4) is 0 Å². The smallest absolute Gasteiger partial charge is 0.243 e. The van der Waals surface area contributed by atoms with Crippen LogP contribution < -0.4 is 15.4 Å². The van der Waals surface area contributed by atoms with Gasteiger partial charge < -0.3 is 15.4 Å². The molecule has 2 aromatic carbocycles. The van der Waals surface area contributed by atoms with E-state index in [1.807, 2.05) is 13.0 Å². The quantitative estimate of drug-likeness (QED) is 0.801. The van der Waals surface area contributed by atoms with E-state index in [4.69, 9.17) is 16.3 Å². The molecule has 0 atom stereocenters. The van der Waals surface area contributed by atoms with Crippen molar-refractivity contribution in [3.8, 4) is 5.75 Å². The predicted molar refractivity (Wildman–Crippen MR) is 99.4 cm³/mol. The van der Waals surface area contributed by atoms with E-state index in [0.717, 1.165) is 11.8 Å². The Bertz CT molecular complexity index is 898. The molecule has 2 aromatic rings. The Morgan fingerprint density at radius 3 is 2.56 bits per heavy atom. The van der Waals surface area contributed by atoms with Crippen LogP contribution in [0.15, 0.2) is 41.3 Å². The maximum atomic E-state index is 12.2. The third kappa shape index (κ3) is 4.87. The normalized spacial score (nSPS) is 11.0. The number of anilines is 2. The number of hydrogen-bond acceptors (Lipinski definition) is 5. The summed E-state index contributed by atoms with van der Waals surface area (Å²) in [4.78, 5) is 12.2. The Morgan fingerprint density at radius 1 is 1.20 bits per heavy atom. The van der Waals surface area contributed by atoms with E-state index in [1.165, 1.54) is 13.2 Å². The van der Waals surface area contributed by atoms with Crippen molar-refractivity contribution >= 4 is 38.7 Å². The van der Waals surface area contributed by atoms with Crippen LogP contribution in [0, 0.1) is 6.92 Å². The molecule has 0 aliphatic heterocycles. The molecule has 2 N–H and O–H groups in total. The van der Waals surface area contributed by atoms with Crippen LogP contribution in [0.1, 0.15) is 5.56 Å². The molecule has 0 saturated heterocycles. The third-order valence-electron chi connectivity index (χ3n) is 3.43. The number of rotatable bonds is 6. The zero-order chi connectivity index (χ0) is 18.6. The fraction of sp³-hybridized carbons (Fsp3) is 0.235. The second-order valence-electron chi connectivity index (χ2n) is 5.50. The van der Waals surface area contributed by atoms with Gasteiger partial charge in [-0.1, -0.05) is 23.7 Å². The summed E-state index contributed by atoms with van der Waals surface area (Å²) in [5.41, 5.74) is 1.91. The molecule has 25 heavy (non-hydrogen) atoms. The molecule has 0 heterocycles. The van der Waals surface area contributed by atoms with Crippen molar-refractivity contribution < 1.29 is 17.9 Å². The van der Waals surface area contributed by atoms with Crippen molar-refractivity contribution in [1.82, 2.24) is 0 Å². The first kappa shape index (κ1) is 19.1. The lowest BCUT2D eigenvalue weighted by Gasteiger charge is -2.13. The highest BCUT2D eigenvalue weighted by Gasteiger charge is 2.15. The van der Waals surface area contributed by atoms with Crippen LogP contribution in [0.25, 0.3) is 0 Å². The van der Waals surface area contributed by atoms with Crippen molar-refractivity contribution in [2.24, 2.45) is 0 Å².